The van der Waals surface area contributed by atoms with E-state index in [0.717, 1.165) is 11.1 Å². The van der Waals surface area contributed by atoms with E-state index >= 15 is 0 Å². The molecule has 116 valence electrons. The molecule has 2 aromatic rings. The van der Waals surface area contributed by atoms with Crippen LogP contribution in [-0.4, -0.2) is 14.5 Å². The van der Waals surface area contributed by atoms with E-state index in [-0.39, 0.29) is 48.2 Å². The smallest absolute Gasteiger partial charge is 0.772 e. The van der Waals surface area contributed by atoms with Crippen LogP contribution in [0.3, 0.4) is 0 Å². The fraction of sp³-hybridized carbons (Fsp3) is 0.167. The van der Waals surface area contributed by atoms with Gasteiger partial charge in [0.1, 0.15) is 5.82 Å². The standard InChI is InChI=1S/C18H14FNO2S.Na/c19-18-13-14(6-8-17(18)10-12-23(21)22)5-7-15-3-1-2-4-16(15)9-11-20;/h1-4,6,8,13H,9-10,12H2,(H,21,22);/q;+1/p-1. The van der Waals surface area contributed by atoms with Gasteiger partial charge in [-0.1, -0.05) is 47.2 Å². The predicted molar refractivity (Wildman–Crippen MR) is 85.6 cm³/mol. The van der Waals surface area contributed by atoms with Gasteiger partial charge in [-0.3, -0.25) is 4.21 Å². The fourth-order valence-corrected chi connectivity index (χ4v) is 2.43. The van der Waals surface area contributed by atoms with Crippen LogP contribution in [0.4, 0.5) is 4.39 Å². The van der Waals surface area contributed by atoms with Crippen molar-refractivity contribution in [2.45, 2.75) is 12.8 Å². The number of halogens is 1. The van der Waals surface area contributed by atoms with Crippen LogP contribution in [0.2, 0.25) is 0 Å². The summed E-state index contributed by atoms with van der Waals surface area (Å²) in [7, 11) is 0. The van der Waals surface area contributed by atoms with E-state index < -0.39 is 16.9 Å². The summed E-state index contributed by atoms with van der Waals surface area (Å²) in [5.74, 6) is 5.24. The van der Waals surface area contributed by atoms with Gasteiger partial charge in [0.25, 0.3) is 0 Å². The minimum atomic E-state index is -2.18. The van der Waals surface area contributed by atoms with Gasteiger partial charge in [-0.05, 0) is 35.7 Å². The summed E-state index contributed by atoms with van der Waals surface area (Å²) < 4.78 is 35.0. The van der Waals surface area contributed by atoms with E-state index in [9.17, 15) is 13.2 Å². The molecule has 2 aromatic carbocycles. The van der Waals surface area contributed by atoms with Crippen molar-refractivity contribution in [3.8, 4) is 17.9 Å². The maximum Gasteiger partial charge on any atom is 1.00 e. The Bertz CT molecular complexity index is 837. The van der Waals surface area contributed by atoms with Crippen LogP contribution < -0.4 is 29.6 Å². The van der Waals surface area contributed by atoms with Gasteiger partial charge < -0.3 is 4.55 Å². The second kappa shape index (κ2) is 10.4. The molecule has 24 heavy (non-hydrogen) atoms. The molecule has 0 saturated heterocycles. The van der Waals surface area contributed by atoms with Crippen molar-refractivity contribution in [1.82, 2.24) is 0 Å². The maximum atomic E-state index is 13.9. The normalized spacial score (nSPS) is 10.7. The molecule has 0 aliphatic rings. The van der Waals surface area contributed by atoms with Gasteiger partial charge >= 0.3 is 29.6 Å². The van der Waals surface area contributed by atoms with Gasteiger partial charge in [-0.25, -0.2) is 4.39 Å². The van der Waals surface area contributed by atoms with Crippen LogP contribution in [0.25, 0.3) is 0 Å². The molecule has 1 atom stereocenters. The molecule has 0 heterocycles. The van der Waals surface area contributed by atoms with E-state index in [1.165, 1.54) is 6.07 Å². The number of nitrogens with zero attached hydrogens (tertiary/aromatic N) is 1. The first kappa shape index (κ1) is 20.6. The van der Waals surface area contributed by atoms with E-state index in [1.54, 1.807) is 12.1 Å². The quantitative estimate of drug-likeness (QED) is 0.433. The third kappa shape index (κ3) is 6.20. The summed E-state index contributed by atoms with van der Waals surface area (Å²) >= 11 is -2.18. The van der Waals surface area contributed by atoms with E-state index in [1.807, 2.05) is 24.3 Å². The monoisotopic (exact) mass is 349 g/mol. The number of nitriles is 1. The first-order valence-electron chi connectivity index (χ1n) is 6.91. The second-order valence-electron chi connectivity index (χ2n) is 4.81. The molecule has 0 aliphatic heterocycles. The van der Waals surface area contributed by atoms with Crippen LogP contribution >= 0.6 is 0 Å². The van der Waals surface area contributed by atoms with Crippen LogP contribution in [0.5, 0.6) is 0 Å². The Hall–Kier alpha value is -1.47. The van der Waals surface area contributed by atoms with Gasteiger partial charge in [0.15, 0.2) is 0 Å². The van der Waals surface area contributed by atoms with Crippen molar-refractivity contribution in [1.29, 1.82) is 5.26 Å². The van der Waals surface area contributed by atoms with Crippen molar-refractivity contribution in [2.75, 3.05) is 5.75 Å². The Balaban J connectivity index is 0.00000288. The molecule has 0 bridgehead atoms. The molecule has 1 unspecified atom stereocenters. The number of aryl methyl sites for hydroxylation is 1. The van der Waals surface area contributed by atoms with Crippen LogP contribution in [0, 0.1) is 29.0 Å². The average Bonchev–Trinajstić information content (AvgIpc) is 2.53. The van der Waals surface area contributed by atoms with Gasteiger partial charge in [0.2, 0.25) is 0 Å². The third-order valence-electron chi connectivity index (χ3n) is 3.22. The molecule has 3 nitrogen and oxygen atoms in total. The fourth-order valence-electron chi connectivity index (χ4n) is 2.04. The minimum absolute atomic E-state index is 0. The van der Waals surface area contributed by atoms with Crippen molar-refractivity contribution >= 4 is 11.1 Å². The summed E-state index contributed by atoms with van der Waals surface area (Å²) in [4.78, 5) is 0. The van der Waals surface area contributed by atoms with Gasteiger partial charge in [0.05, 0.1) is 12.5 Å². The van der Waals surface area contributed by atoms with Crippen LogP contribution in [-0.2, 0) is 23.9 Å². The zero-order valence-electron chi connectivity index (χ0n) is 13.2. The summed E-state index contributed by atoms with van der Waals surface area (Å²) in [6.45, 7) is 0. The third-order valence-corrected chi connectivity index (χ3v) is 3.76. The Morgan fingerprint density at radius 3 is 2.54 bits per heavy atom. The number of hydrogen-bond donors (Lipinski definition) is 0. The van der Waals surface area contributed by atoms with Crippen molar-refractivity contribution < 1.29 is 42.7 Å². The first-order valence-corrected chi connectivity index (χ1v) is 8.15. The Kier molecular flexibility index (Phi) is 8.92. The zero-order chi connectivity index (χ0) is 16.7. The van der Waals surface area contributed by atoms with Gasteiger partial charge in [-0.2, -0.15) is 5.26 Å². The molecule has 2 rings (SSSR count). The largest absolute Gasteiger partial charge is 1.00 e. The van der Waals surface area contributed by atoms with Crippen molar-refractivity contribution in [3.63, 3.8) is 0 Å². The maximum absolute atomic E-state index is 13.9. The molecule has 0 radical (unpaired) electrons. The van der Waals surface area contributed by atoms with E-state index in [2.05, 4.69) is 17.9 Å². The Labute approximate surface area is 165 Å². The number of hydrogen-bond acceptors (Lipinski definition) is 3. The van der Waals surface area contributed by atoms with Gasteiger partial charge in [-0.15, -0.1) is 0 Å². The zero-order valence-corrected chi connectivity index (χ0v) is 16.0. The SMILES string of the molecule is N#CCc1ccccc1C#Cc1ccc(CCS(=O)[O-])c(F)c1.[Na+]. The molecule has 0 N–H and O–H groups in total. The molecular formula is C18H13FNNaO2S. The minimum Gasteiger partial charge on any atom is -0.772 e. The molecule has 0 fully saturated rings. The van der Waals surface area contributed by atoms with Crippen LogP contribution in [0.1, 0.15) is 22.3 Å². The summed E-state index contributed by atoms with van der Waals surface area (Å²) in [6.07, 6.45) is 0.408. The molecule has 0 aliphatic carbocycles. The van der Waals surface area contributed by atoms with Crippen LogP contribution in [0.15, 0.2) is 42.5 Å². The second-order valence-corrected chi connectivity index (χ2v) is 5.82. The van der Waals surface area contributed by atoms with Crippen molar-refractivity contribution in [2.24, 2.45) is 0 Å². The van der Waals surface area contributed by atoms with Crippen molar-refractivity contribution in [3.05, 3.63) is 70.5 Å². The topological polar surface area (TPSA) is 63.9 Å². The summed E-state index contributed by atoms with van der Waals surface area (Å²) in [5.41, 5.74) is 2.42. The molecule has 0 amide bonds. The molecule has 0 aromatic heterocycles. The van der Waals surface area contributed by atoms with Gasteiger partial charge in [0, 0.05) is 16.9 Å². The molecular weight excluding hydrogens is 336 g/mol. The average molecular weight is 349 g/mol. The first-order chi connectivity index (χ1) is 11.1. The molecule has 6 heteroatoms. The Morgan fingerprint density at radius 1 is 1.12 bits per heavy atom. The molecule has 0 saturated carbocycles. The number of rotatable bonds is 4. The summed E-state index contributed by atoms with van der Waals surface area (Å²) in [6, 6.07) is 13.9. The Morgan fingerprint density at radius 2 is 1.88 bits per heavy atom. The van der Waals surface area contributed by atoms with E-state index in [0.29, 0.717) is 11.1 Å². The summed E-state index contributed by atoms with van der Waals surface area (Å²) in [5, 5.41) is 8.79. The molecule has 0 spiro atoms. The van der Waals surface area contributed by atoms with E-state index in [4.69, 9.17) is 5.26 Å². The predicted octanol–water partition coefficient (Wildman–Crippen LogP) is -0.283. The number of benzene rings is 2.